The van der Waals surface area contributed by atoms with Gasteiger partial charge < -0.3 is 29.5 Å². The van der Waals surface area contributed by atoms with Gasteiger partial charge in [-0.15, -0.1) is 0 Å². The van der Waals surface area contributed by atoms with Crippen molar-refractivity contribution in [2.24, 2.45) is 0 Å². The van der Waals surface area contributed by atoms with Gasteiger partial charge in [-0.1, -0.05) is 30.3 Å². The van der Waals surface area contributed by atoms with Crippen molar-refractivity contribution < 1.29 is 28.9 Å². The molecule has 2 atom stereocenters. The van der Waals surface area contributed by atoms with Crippen LogP contribution < -0.4 is 10.1 Å². The lowest BCUT2D eigenvalue weighted by atomic mass is 9.99. The van der Waals surface area contributed by atoms with Crippen LogP contribution in [0.1, 0.15) is 17.2 Å². The van der Waals surface area contributed by atoms with Crippen molar-refractivity contribution in [3.05, 3.63) is 59.7 Å². The molecule has 1 aliphatic heterocycles. The number of benzene rings is 2. The van der Waals surface area contributed by atoms with E-state index in [1.807, 2.05) is 24.3 Å². The van der Waals surface area contributed by atoms with Crippen molar-refractivity contribution in [2.75, 3.05) is 39.4 Å². The topological polar surface area (TPSA) is 97.3 Å². The van der Waals surface area contributed by atoms with Gasteiger partial charge in [0.2, 0.25) is 11.8 Å². The van der Waals surface area contributed by atoms with Crippen LogP contribution in [0, 0.1) is 0 Å². The molecule has 2 N–H and O–H groups in total. The number of rotatable bonds is 8. The number of nitrogens with zero attached hydrogens (tertiary/aromatic N) is 1. The fourth-order valence-corrected chi connectivity index (χ4v) is 3.42. The predicted molar refractivity (Wildman–Crippen MR) is 110 cm³/mol. The summed E-state index contributed by atoms with van der Waals surface area (Å²) in [5.74, 6) is 0.223. The van der Waals surface area contributed by atoms with E-state index in [0.29, 0.717) is 23.5 Å². The van der Waals surface area contributed by atoms with Crippen molar-refractivity contribution >= 4 is 17.5 Å². The van der Waals surface area contributed by atoms with Crippen LogP contribution in [0.2, 0.25) is 0 Å². The van der Waals surface area contributed by atoms with Gasteiger partial charge in [0.05, 0.1) is 19.8 Å². The second-order valence-electron chi connectivity index (χ2n) is 6.96. The molecule has 0 aromatic heterocycles. The molecule has 0 bridgehead atoms. The third-order valence-electron chi connectivity index (χ3n) is 4.94. The molecule has 160 valence electrons. The van der Waals surface area contributed by atoms with Crippen LogP contribution in [0.5, 0.6) is 5.75 Å². The van der Waals surface area contributed by atoms with E-state index in [9.17, 15) is 14.7 Å². The number of aliphatic hydroxyl groups excluding tert-OH is 1. The largest absolute Gasteiger partial charge is 0.496 e. The minimum absolute atomic E-state index is 0.0250. The van der Waals surface area contributed by atoms with Gasteiger partial charge in [0, 0.05) is 24.9 Å². The van der Waals surface area contributed by atoms with Crippen molar-refractivity contribution in [2.45, 2.75) is 18.7 Å². The lowest BCUT2D eigenvalue weighted by Crippen LogP contribution is -2.51. The first kappa shape index (κ1) is 21.8. The predicted octanol–water partition coefficient (Wildman–Crippen LogP) is 1.74. The highest BCUT2D eigenvalue weighted by molar-refractivity contribution is 5.91. The van der Waals surface area contributed by atoms with E-state index in [2.05, 4.69) is 5.32 Å². The molecule has 2 aromatic rings. The summed E-state index contributed by atoms with van der Waals surface area (Å²) in [6.07, 6.45) is -0.951. The Morgan fingerprint density at radius 3 is 2.67 bits per heavy atom. The average molecular weight is 414 g/mol. The highest BCUT2D eigenvalue weighted by Crippen LogP contribution is 2.28. The number of hydrogen-bond acceptors (Lipinski definition) is 6. The summed E-state index contributed by atoms with van der Waals surface area (Å²) in [7, 11) is 3.03. The molecule has 8 heteroatoms. The molecule has 1 fully saturated rings. The molecule has 0 saturated carbocycles. The Morgan fingerprint density at radius 2 is 1.97 bits per heavy atom. The van der Waals surface area contributed by atoms with E-state index < -0.39 is 12.1 Å². The number of ether oxygens (including phenoxy) is 3. The Kier molecular flexibility index (Phi) is 7.40. The summed E-state index contributed by atoms with van der Waals surface area (Å²) in [5, 5.41) is 13.7. The van der Waals surface area contributed by atoms with Crippen molar-refractivity contribution in [1.29, 1.82) is 0 Å². The Labute approximate surface area is 175 Å². The molecule has 0 unspecified atom stereocenters. The van der Waals surface area contributed by atoms with Crippen LogP contribution in [0.15, 0.2) is 48.5 Å². The molecule has 3 rings (SSSR count). The minimum atomic E-state index is -0.951. The quantitative estimate of drug-likeness (QED) is 0.683. The Bertz CT molecular complexity index is 870. The Balaban J connectivity index is 1.76. The number of carbonyl (C=O) groups is 2. The normalized spacial score (nSPS) is 17.5. The number of para-hydroxylation sites is 1. The Morgan fingerprint density at radius 1 is 1.23 bits per heavy atom. The van der Waals surface area contributed by atoms with Gasteiger partial charge in [-0.05, 0) is 23.8 Å². The summed E-state index contributed by atoms with van der Waals surface area (Å²) < 4.78 is 15.6. The van der Waals surface area contributed by atoms with Crippen LogP contribution >= 0.6 is 0 Å². The lowest BCUT2D eigenvalue weighted by Gasteiger charge is -2.38. The maximum Gasteiger partial charge on any atom is 0.250 e. The molecule has 30 heavy (non-hydrogen) atoms. The van der Waals surface area contributed by atoms with Gasteiger partial charge in [-0.2, -0.15) is 0 Å². The SMILES string of the molecule is COCC(=O)Nc1ccc([C@@H](O)[C@H]2COCC(=O)N2Cc2ccccc2OC)cc1. The van der Waals surface area contributed by atoms with E-state index in [-0.39, 0.29) is 31.6 Å². The highest BCUT2D eigenvalue weighted by atomic mass is 16.5. The Hall–Kier alpha value is -2.94. The first-order valence-electron chi connectivity index (χ1n) is 9.59. The molecule has 0 radical (unpaired) electrons. The van der Waals surface area contributed by atoms with Gasteiger partial charge >= 0.3 is 0 Å². The molecule has 1 aliphatic rings. The third kappa shape index (κ3) is 5.15. The maximum absolute atomic E-state index is 12.6. The molecule has 2 aromatic carbocycles. The average Bonchev–Trinajstić information content (AvgIpc) is 2.75. The van der Waals surface area contributed by atoms with Crippen LogP contribution in [-0.4, -0.2) is 61.9 Å². The van der Waals surface area contributed by atoms with Gasteiger partial charge in [0.15, 0.2) is 0 Å². The molecular weight excluding hydrogens is 388 g/mol. The zero-order valence-corrected chi connectivity index (χ0v) is 17.0. The number of nitrogens with one attached hydrogen (secondary N) is 1. The summed E-state index contributed by atoms with van der Waals surface area (Å²) >= 11 is 0. The van der Waals surface area contributed by atoms with E-state index in [4.69, 9.17) is 14.2 Å². The van der Waals surface area contributed by atoms with Crippen LogP contribution in [0.3, 0.4) is 0 Å². The first-order valence-corrected chi connectivity index (χ1v) is 9.59. The fraction of sp³-hybridized carbons (Fsp3) is 0.364. The minimum Gasteiger partial charge on any atom is -0.496 e. The van der Waals surface area contributed by atoms with Gasteiger partial charge in [-0.25, -0.2) is 0 Å². The number of morpholine rings is 1. The summed E-state index contributed by atoms with van der Waals surface area (Å²) in [6, 6.07) is 13.7. The molecule has 8 nitrogen and oxygen atoms in total. The van der Waals surface area contributed by atoms with Crippen molar-refractivity contribution in [1.82, 2.24) is 4.90 Å². The number of hydrogen-bond donors (Lipinski definition) is 2. The molecule has 0 spiro atoms. The number of amides is 2. The fourth-order valence-electron chi connectivity index (χ4n) is 3.42. The third-order valence-corrected chi connectivity index (χ3v) is 4.94. The zero-order valence-electron chi connectivity index (χ0n) is 17.0. The maximum atomic E-state index is 12.6. The zero-order chi connectivity index (χ0) is 21.5. The van der Waals surface area contributed by atoms with Gasteiger partial charge in [0.25, 0.3) is 0 Å². The number of aliphatic hydroxyl groups is 1. The summed E-state index contributed by atoms with van der Waals surface area (Å²) in [5.41, 5.74) is 2.06. The van der Waals surface area contributed by atoms with Crippen molar-refractivity contribution in [3.8, 4) is 5.75 Å². The summed E-state index contributed by atoms with van der Waals surface area (Å²) in [6.45, 7) is 0.458. The van der Waals surface area contributed by atoms with Crippen LogP contribution in [0.4, 0.5) is 5.69 Å². The second-order valence-corrected chi connectivity index (χ2v) is 6.96. The van der Waals surface area contributed by atoms with E-state index >= 15 is 0 Å². The lowest BCUT2D eigenvalue weighted by molar-refractivity contribution is -0.155. The number of anilines is 1. The number of methoxy groups -OCH3 is 2. The second kappa shape index (κ2) is 10.2. The molecule has 1 heterocycles. The first-order chi connectivity index (χ1) is 14.5. The summed E-state index contributed by atoms with van der Waals surface area (Å²) in [4.78, 5) is 25.8. The van der Waals surface area contributed by atoms with Gasteiger partial charge in [0.1, 0.15) is 25.1 Å². The highest BCUT2D eigenvalue weighted by Gasteiger charge is 2.35. The molecule has 2 amide bonds. The van der Waals surface area contributed by atoms with Crippen LogP contribution in [-0.2, 0) is 25.6 Å². The molecule has 0 aliphatic carbocycles. The van der Waals surface area contributed by atoms with E-state index in [0.717, 1.165) is 5.56 Å². The standard InChI is InChI=1S/C22H26N2O6/c1-28-13-20(25)23-17-9-7-15(8-10-17)22(27)18-12-30-14-21(26)24(18)11-16-5-3-4-6-19(16)29-2/h3-10,18,22,27H,11-14H2,1-2H3,(H,23,25)/t18-,22-/m1/s1. The number of carbonyl (C=O) groups excluding carboxylic acids is 2. The smallest absolute Gasteiger partial charge is 0.250 e. The van der Waals surface area contributed by atoms with E-state index in [1.165, 1.54) is 7.11 Å². The van der Waals surface area contributed by atoms with Crippen molar-refractivity contribution in [3.63, 3.8) is 0 Å². The van der Waals surface area contributed by atoms with E-state index in [1.54, 1.807) is 36.3 Å². The van der Waals surface area contributed by atoms with Crippen LogP contribution in [0.25, 0.3) is 0 Å². The molecular formula is C22H26N2O6. The monoisotopic (exact) mass is 414 g/mol. The van der Waals surface area contributed by atoms with Gasteiger partial charge in [-0.3, -0.25) is 9.59 Å². The molecule has 1 saturated heterocycles.